The first-order valence-corrected chi connectivity index (χ1v) is 6.14. The molecule has 0 saturated heterocycles. The quantitative estimate of drug-likeness (QED) is 0.749. The van der Waals surface area contributed by atoms with E-state index in [9.17, 15) is 4.39 Å². The fourth-order valence-corrected chi connectivity index (χ4v) is 2.97. The van der Waals surface area contributed by atoms with E-state index in [1.54, 1.807) is 12.1 Å². The van der Waals surface area contributed by atoms with Gasteiger partial charge >= 0.3 is 0 Å². The Morgan fingerprint density at radius 1 is 1.28 bits per heavy atom. The van der Waals surface area contributed by atoms with Crippen molar-refractivity contribution in [2.45, 2.75) is 25.2 Å². The number of nitrogens with two attached hydrogens (primary N) is 2. The lowest BCUT2D eigenvalue weighted by atomic mass is 9.68. The topological polar surface area (TPSA) is 61.3 Å². The smallest absolute Gasteiger partial charge is 0.180 e. The first-order valence-electron chi connectivity index (χ1n) is 6.14. The number of halogens is 1. The lowest BCUT2D eigenvalue weighted by Gasteiger charge is -2.40. The Morgan fingerprint density at radius 3 is 2.67 bits per heavy atom. The average molecular weight is 248 g/mol. The molecule has 1 saturated carbocycles. The van der Waals surface area contributed by atoms with Crippen molar-refractivity contribution in [1.82, 2.24) is 0 Å². The van der Waals surface area contributed by atoms with Crippen molar-refractivity contribution in [3.8, 4) is 0 Å². The number of nitrogen functional groups attached to an aromatic ring is 1. The Labute approximate surface area is 106 Å². The van der Waals surface area contributed by atoms with E-state index in [0.717, 1.165) is 12.8 Å². The third kappa shape index (κ3) is 1.41. The Kier molecular flexibility index (Phi) is 2.15. The normalized spacial score (nSPS) is 28.7. The van der Waals surface area contributed by atoms with Gasteiger partial charge in [0.25, 0.3) is 0 Å². The van der Waals surface area contributed by atoms with Crippen molar-refractivity contribution >= 4 is 5.69 Å². The van der Waals surface area contributed by atoms with E-state index in [4.69, 9.17) is 16.2 Å². The van der Waals surface area contributed by atoms with Crippen LogP contribution in [0, 0.1) is 11.2 Å². The Bertz CT molecular complexity index is 537. The van der Waals surface area contributed by atoms with Gasteiger partial charge in [0.1, 0.15) is 5.82 Å². The maximum atomic E-state index is 14.1. The maximum absolute atomic E-state index is 14.1. The zero-order valence-corrected chi connectivity index (χ0v) is 10.4. The Hall–Kier alpha value is -1.71. The van der Waals surface area contributed by atoms with Gasteiger partial charge in [0.2, 0.25) is 0 Å². The molecule has 0 aromatic heterocycles. The molecule has 1 aliphatic heterocycles. The largest absolute Gasteiger partial charge is 0.479 e. The molecule has 0 amide bonds. The van der Waals surface area contributed by atoms with Crippen molar-refractivity contribution in [3.63, 3.8) is 0 Å². The number of hydrogen-bond acceptors (Lipinski definition) is 3. The number of anilines is 1. The van der Waals surface area contributed by atoms with E-state index >= 15 is 0 Å². The Balaban J connectivity index is 2.18. The zero-order valence-electron chi connectivity index (χ0n) is 10.4. The van der Waals surface area contributed by atoms with E-state index in [-0.39, 0.29) is 11.2 Å². The molecule has 0 unspecified atom stereocenters. The summed E-state index contributed by atoms with van der Waals surface area (Å²) in [6.07, 6.45) is 3.89. The molecule has 1 aromatic rings. The van der Waals surface area contributed by atoms with Gasteiger partial charge < -0.3 is 16.2 Å². The van der Waals surface area contributed by atoms with Gasteiger partial charge in [0, 0.05) is 22.1 Å². The van der Waals surface area contributed by atoms with Gasteiger partial charge in [-0.1, -0.05) is 6.92 Å². The summed E-state index contributed by atoms with van der Waals surface area (Å²) in [5.41, 5.74) is 12.3. The first-order chi connectivity index (χ1) is 8.47. The van der Waals surface area contributed by atoms with Crippen LogP contribution in [0.4, 0.5) is 10.1 Å². The standard InChI is InChI=1S/C14H17FN2O/c1-13(10-6-9(16)2-3-11(10)15)7-12(17)18-8-14(13)4-5-14/h2-3,6-7H,4-5,8,16-17H2,1H3/t13-/m1/s1. The van der Waals surface area contributed by atoms with Gasteiger partial charge in [-0.2, -0.15) is 0 Å². The lowest BCUT2D eigenvalue weighted by Crippen LogP contribution is -2.40. The van der Waals surface area contributed by atoms with Crippen LogP contribution in [0.15, 0.2) is 30.2 Å². The predicted molar refractivity (Wildman–Crippen MR) is 68.1 cm³/mol. The summed E-state index contributed by atoms with van der Waals surface area (Å²) in [6, 6.07) is 4.71. The van der Waals surface area contributed by atoms with Crippen molar-refractivity contribution < 1.29 is 9.13 Å². The number of benzene rings is 1. The molecule has 4 heteroatoms. The van der Waals surface area contributed by atoms with E-state index in [1.807, 2.05) is 13.0 Å². The molecule has 96 valence electrons. The third-order valence-electron chi connectivity index (χ3n) is 4.45. The molecule has 1 heterocycles. The Morgan fingerprint density at radius 2 is 2.00 bits per heavy atom. The van der Waals surface area contributed by atoms with E-state index in [0.29, 0.717) is 23.7 Å². The van der Waals surface area contributed by atoms with Crippen LogP contribution >= 0.6 is 0 Å². The zero-order chi connectivity index (χ0) is 13.0. The summed E-state index contributed by atoms with van der Waals surface area (Å²) in [4.78, 5) is 0. The summed E-state index contributed by atoms with van der Waals surface area (Å²) in [5, 5.41) is 0. The molecular weight excluding hydrogens is 231 g/mol. The number of rotatable bonds is 1. The van der Waals surface area contributed by atoms with Crippen LogP contribution < -0.4 is 11.5 Å². The van der Waals surface area contributed by atoms with Crippen molar-refractivity contribution in [3.05, 3.63) is 41.5 Å². The second-order valence-corrected chi connectivity index (χ2v) is 5.56. The predicted octanol–water partition coefficient (Wildman–Crippen LogP) is 2.28. The van der Waals surface area contributed by atoms with Gasteiger partial charge in [-0.05, 0) is 37.1 Å². The van der Waals surface area contributed by atoms with E-state index < -0.39 is 5.41 Å². The van der Waals surface area contributed by atoms with Gasteiger partial charge in [0.05, 0.1) is 6.61 Å². The summed E-state index contributed by atoms with van der Waals surface area (Å²) in [6.45, 7) is 2.58. The summed E-state index contributed by atoms with van der Waals surface area (Å²) >= 11 is 0. The summed E-state index contributed by atoms with van der Waals surface area (Å²) in [7, 11) is 0. The molecule has 0 bridgehead atoms. The monoisotopic (exact) mass is 248 g/mol. The fourth-order valence-electron chi connectivity index (χ4n) is 2.97. The molecule has 1 spiro atoms. The van der Waals surface area contributed by atoms with Gasteiger partial charge in [-0.15, -0.1) is 0 Å². The highest BCUT2D eigenvalue weighted by Gasteiger charge is 2.59. The fraction of sp³-hybridized carbons (Fsp3) is 0.429. The molecule has 1 aromatic carbocycles. The van der Waals surface area contributed by atoms with Crippen LogP contribution in [0.25, 0.3) is 0 Å². The molecular formula is C14H17FN2O. The van der Waals surface area contributed by atoms with Gasteiger partial charge in [0.15, 0.2) is 5.88 Å². The summed E-state index contributed by atoms with van der Waals surface area (Å²) in [5.74, 6) is 0.140. The average Bonchev–Trinajstić information content (AvgIpc) is 3.09. The van der Waals surface area contributed by atoms with E-state index in [2.05, 4.69) is 0 Å². The minimum Gasteiger partial charge on any atom is -0.479 e. The molecule has 1 fully saturated rings. The van der Waals surface area contributed by atoms with Crippen LogP contribution in [0.1, 0.15) is 25.3 Å². The molecule has 3 nitrogen and oxygen atoms in total. The first kappa shape index (κ1) is 11.4. The van der Waals surface area contributed by atoms with Crippen LogP contribution in [-0.2, 0) is 10.2 Å². The summed E-state index contributed by atoms with van der Waals surface area (Å²) < 4.78 is 19.6. The highest BCUT2D eigenvalue weighted by Crippen LogP contribution is 2.62. The second kappa shape index (κ2) is 3.40. The van der Waals surface area contributed by atoms with Crippen LogP contribution in [-0.4, -0.2) is 6.61 Å². The molecule has 18 heavy (non-hydrogen) atoms. The van der Waals surface area contributed by atoms with Gasteiger partial charge in [-0.25, -0.2) is 4.39 Å². The molecule has 0 radical (unpaired) electrons. The van der Waals surface area contributed by atoms with Crippen molar-refractivity contribution in [2.75, 3.05) is 12.3 Å². The number of allylic oxidation sites excluding steroid dienone is 1. The number of hydrogen-bond donors (Lipinski definition) is 2. The van der Waals surface area contributed by atoms with Crippen LogP contribution in [0.2, 0.25) is 0 Å². The minimum absolute atomic E-state index is 0.0233. The highest BCUT2D eigenvalue weighted by molar-refractivity contribution is 5.48. The lowest BCUT2D eigenvalue weighted by molar-refractivity contribution is 0.0869. The van der Waals surface area contributed by atoms with Crippen molar-refractivity contribution in [1.29, 1.82) is 0 Å². The third-order valence-corrected chi connectivity index (χ3v) is 4.45. The van der Waals surface area contributed by atoms with Crippen molar-refractivity contribution in [2.24, 2.45) is 11.1 Å². The molecule has 2 aliphatic rings. The molecule has 1 atom stereocenters. The number of ether oxygens (including phenoxy) is 1. The van der Waals surface area contributed by atoms with Gasteiger partial charge in [-0.3, -0.25) is 0 Å². The SMILES string of the molecule is C[C@]1(c2cc(N)ccc2F)C=C(N)OCC12CC2. The second-order valence-electron chi connectivity index (χ2n) is 5.56. The molecule has 1 aliphatic carbocycles. The van der Waals surface area contributed by atoms with Crippen LogP contribution in [0.3, 0.4) is 0 Å². The maximum Gasteiger partial charge on any atom is 0.180 e. The van der Waals surface area contributed by atoms with Crippen LogP contribution in [0.5, 0.6) is 0 Å². The minimum atomic E-state index is -0.436. The van der Waals surface area contributed by atoms with E-state index in [1.165, 1.54) is 6.07 Å². The molecule has 3 rings (SSSR count). The highest BCUT2D eigenvalue weighted by atomic mass is 19.1. The molecule has 4 N–H and O–H groups in total.